The third-order valence-corrected chi connectivity index (χ3v) is 5.99. The molecule has 0 spiro atoms. The van der Waals surface area contributed by atoms with E-state index in [4.69, 9.17) is 5.73 Å². The van der Waals surface area contributed by atoms with E-state index >= 15 is 0 Å². The molecule has 3 aliphatic rings. The van der Waals surface area contributed by atoms with Crippen molar-refractivity contribution in [2.24, 2.45) is 23.5 Å². The minimum absolute atomic E-state index is 0.00401. The maximum Gasteiger partial charge on any atom is 0.236 e. The lowest BCUT2D eigenvalue weighted by molar-refractivity contribution is -0.136. The second kappa shape index (κ2) is 6.99. The SMILES string of the molecule is NC(=O)C1CCN(CC(=O)N2CC[C@H]3CCCC[C@@H]3C2)CC1. The Morgan fingerprint density at radius 2 is 1.59 bits per heavy atom. The number of nitrogens with zero attached hydrogens (tertiary/aromatic N) is 2. The van der Waals surface area contributed by atoms with Crippen LogP contribution in [0.15, 0.2) is 0 Å². The van der Waals surface area contributed by atoms with Crippen LogP contribution in [0.2, 0.25) is 0 Å². The van der Waals surface area contributed by atoms with Crippen LogP contribution in [0, 0.1) is 17.8 Å². The van der Waals surface area contributed by atoms with Crippen LogP contribution in [-0.4, -0.2) is 54.3 Å². The Morgan fingerprint density at radius 1 is 0.909 bits per heavy atom. The zero-order chi connectivity index (χ0) is 15.5. The van der Waals surface area contributed by atoms with Crippen LogP contribution >= 0.6 is 0 Å². The highest BCUT2D eigenvalue weighted by atomic mass is 16.2. The van der Waals surface area contributed by atoms with Crippen molar-refractivity contribution in [2.75, 3.05) is 32.7 Å². The Balaban J connectivity index is 1.45. The number of fused-ring (bicyclic) bond motifs is 1. The largest absolute Gasteiger partial charge is 0.369 e. The number of likely N-dealkylation sites (tertiary alicyclic amines) is 2. The first-order chi connectivity index (χ1) is 10.6. The first kappa shape index (κ1) is 15.8. The van der Waals surface area contributed by atoms with E-state index in [0.717, 1.165) is 50.9 Å². The third kappa shape index (κ3) is 3.62. The number of nitrogens with two attached hydrogens (primary N) is 1. The minimum atomic E-state index is -0.189. The van der Waals surface area contributed by atoms with Crippen LogP contribution in [0.4, 0.5) is 0 Å². The van der Waals surface area contributed by atoms with Crippen LogP contribution < -0.4 is 5.73 Å². The topological polar surface area (TPSA) is 66.6 Å². The van der Waals surface area contributed by atoms with Gasteiger partial charge in [0.05, 0.1) is 6.54 Å². The molecule has 2 aliphatic heterocycles. The average molecular weight is 307 g/mol. The van der Waals surface area contributed by atoms with E-state index in [2.05, 4.69) is 9.80 Å². The van der Waals surface area contributed by atoms with Gasteiger partial charge in [0.15, 0.2) is 0 Å². The van der Waals surface area contributed by atoms with Gasteiger partial charge in [-0.05, 0) is 50.6 Å². The standard InChI is InChI=1S/C17H29N3O2/c18-17(22)14-5-8-19(9-6-14)12-16(21)20-10-7-13-3-1-2-4-15(13)11-20/h13-15H,1-12H2,(H2,18,22)/t13-,15-/m1/s1. The van der Waals surface area contributed by atoms with Crippen molar-refractivity contribution in [1.29, 1.82) is 0 Å². The minimum Gasteiger partial charge on any atom is -0.369 e. The zero-order valence-electron chi connectivity index (χ0n) is 13.5. The number of amides is 2. The van der Waals surface area contributed by atoms with Gasteiger partial charge in [-0.2, -0.15) is 0 Å². The molecule has 5 nitrogen and oxygen atoms in total. The number of rotatable bonds is 3. The molecule has 22 heavy (non-hydrogen) atoms. The monoisotopic (exact) mass is 307 g/mol. The maximum atomic E-state index is 12.5. The van der Waals surface area contributed by atoms with Crippen molar-refractivity contribution in [1.82, 2.24) is 9.80 Å². The first-order valence-corrected chi connectivity index (χ1v) is 8.93. The molecular weight excluding hydrogens is 278 g/mol. The molecule has 1 aliphatic carbocycles. The molecule has 0 aromatic rings. The Morgan fingerprint density at radius 3 is 2.27 bits per heavy atom. The molecule has 3 rings (SSSR count). The van der Waals surface area contributed by atoms with E-state index in [0.29, 0.717) is 6.54 Å². The second-order valence-corrected chi connectivity index (χ2v) is 7.39. The smallest absolute Gasteiger partial charge is 0.236 e. The summed E-state index contributed by atoms with van der Waals surface area (Å²) in [6.07, 6.45) is 8.18. The Kier molecular flexibility index (Phi) is 5.01. The molecule has 0 unspecified atom stereocenters. The molecule has 0 radical (unpaired) electrons. The molecular formula is C17H29N3O2. The van der Waals surface area contributed by atoms with E-state index in [1.165, 1.54) is 32.1 Å². The summed E-state index contributed by atoms with van der Waals surface area (Å²) in [4.78, 5) is 28.0. The Labute approximate surface area is 133 Å². The average Bonchev–Trinajstić information content (AvgIpc) is 2.55. The van der Waals surface area contributed by atoms with Crippen molar-refractivity contribution in [3.63, 3.8) is 0 Å². The lowest BCUT2D eigenvalue weighted by Gasteiger charge is -2.42. The Hall–Kier alpha value is -1.10. The number of carbonyl (C=O) groups excluding carboxylic acids is 2. The highest BCUT2D eigenvalue weighted by Crippen LogP contribution is 2.36. The van der Waals surface area contributed by atoms with Gasteiger partial charge in [-0.3, -0.25) is 14.5 Å². The van der Waals surface area contributed by atoms with Crippen LogP contribution in [0.3, 0.4) is 0 Å². The molecule has 2 saturated heterocycles. The molecule has 124 valence electrons. The molecule has 0 bridgehead atoms. The number of primary amides is 1. The Bertz CT molecular complexity index is 418. The van der Waals surface area contributed by atoms with Gasteiger partial charge >= 0.3 is 0 Å². The summed E-state index contributed by atoms with van der Waals surface area (Å²) in [6, 6.07) is 0. The van der Waals surface area contributed by atoms with Gasteiger partial charge in [0.2, 0.25) is 11.8 Å². The van der Waals surface area contributed by atoms with Crippen molar-refractivity contribution in [2.45, 2.75) is 44.9 Å². The van der Waals surface area contributed by atoms with Gasteiger partial charge in [-0.25, -0.2) is 0 Å². The lowest BCUT2D eigenvalue weighted by Crippen LogP contribution is -2.49. The van der Waals surface area contributed by atoms with Crippen LogP contribution in [-0.2, 0) is 9.59 Å². The van der Waals surface area contributed by atoms with E-state index in [1.807, 2.05) is 0 Å². The normalized spacial score (nSPS) is 30.8. The first-order valence-electron chi connectivity index (χ1n) is 8.93. The molecule has 2 atom stereocenters. The number of carbonyl (C=O) groups is 2. The quantitative estimate of drug-likeness (QED) is 0.852. The molecule has 5 heteroatoms. The van der Waals surface area contributed by atoms with Crippen LogP contribution in [0.25, 0.3) is 0 Å². The van der Waals surface area contributed by atoms with Crippen molar-refractivity contribution in [3.8, 4) is 0 Å². The fourth-order valence-electron chi connectivity index (χ4n) is 4.49. The highest BCUT2D eigenvalue weighted by Gasteiger charge is 2.33. The van der Waals surface area contributed by atoms with Crippen LogP contribution in [0.1, 0.15) is 44.9 Å². The summed E-state index contributed by atoms with van der Waals surface area (Å²) in [5, 5.41) is 0. The highest BCUT2D eigenvalue weighted by molar-refractivity contribution is 5.79. The van der Waals surface area contributed by atoms with Gasteiger partial charge < -0.3 is 10.6 Å². The van der Waals surface area contributed by atoms with E-state index in [9.17, 15) is 9.59 Å². The molecule has 0 aromatic carbocycles. The van der Waals surface area contributed by atoms with Crippen molar-refractivity contribution >= 4 is 11.8 Å². The number of hydrogen-bond acceptors (Lipinski definition) is 3. The van der Waals surface area contributed by atoms with Gasteiger partial charge in [0.25, 0.3) is 0 Å². The molecule has 2 heterocycles. The third-order valence-electron chi connectivity index (χ3n) is 5.99. The van der Waals surface area contributed by atoms with Gasteiger partial charge in [-0.15, -0.1) is 0 Å². The summed E-state index contributed by atoms with van der Waals surface area (Å²) in [5.41, 5.74) is 5.36. The summed E-state index contributed by atoms with van der Waals surface area (Å²) < 4.78 is 0. The zero-order valence-corrected chi connectivity index (χ0v) is 13.5. The molecule has 1 saturated carbocycles. The summed E-state index contributed by atoms with van der Waals surface area (Å²) in [6.45, 7) is 4.07. The summed E-state index contributed by atoms with van der Waals surface area (Å²) >= 11 is 0. The molecule has 2 amide bonds. The fourth-order valence-corrected chi connectivity index (χ4v) is 4.49. The van der Waals surface area contributed by atoms with Crippen LogP contribution in [0.5, 0.6) is 0 Å². The summed E-state index contributed by atoms with van der Waals surface area (Å²) in [7, 11) is 0. The van der Waals surface area contributed by atoms with Gasteiger partial charge in [-0.1, -0.05) is 19.3 Å². The summed E-state index contributed by atoms with van der Waals surface area (Å²) in [5.74, 6) is 1.70. The number of hydrogen-bond donors (Lipinski definition) is 1. The maximum absolute atomic E-state index is 12.5. The van der Waals surface area contributed by atoms with Crippen molar-refractivity contribution < 1.29 is 9.59 Å². The van der Waals surface area contributed by atoms with Gasteiger partial charge in [0.1, 0.15) is 0 Å². The van der Waals surface area contributed by atoms with Gasteiger partial charge in [0, 0.05) is 19.0 Å². The molecule has 2 N–H and O–H groups in total. The van der Waals surface area contributed by atoms with E-state index in [1.54, 1.807) is 0 Å². The van der Waals surface area contributed by atoms with E-state index in [-0.39, 0.29) is 17.7 Å². The lowest BCUT2D eigenvalue weighted by atomic mass is 9.75. The van der Waals surface area contributed by atoms with Crippen molar-refractivity contribution in [3.05, 3.63) is 0 Å². The van der Waals surface area contributed by atoms with E-state index < -0.39 is 0 Å². The molecule has 3 fully saturated rings. The number of piperidine rings is 2. The predicted octanol–water partition coefficient (Wildman–Crippen LogP) is 1.22. The second-order valence-electron chi connectivity index (χ2n) is 7.39. The fraction of sp³-hybridized carbons (Fsp3) is 0.882. The predicted molar refractivity (Wildman–Crippen MR) is 85.0 cm³/mol. The molecule has 0 aromatic heterocycles.